The lowest BCUT2D eigenvalue weighted by Gasteiger charge is -2.37. The number of ether oxygens (including phenoxy) is 1. The summed E-state index contributed by atoms with van der Waals surface area (Å²) in [7, 11) is 1.66. The molecule has 0 bridgehead atoms. The molecule has 1 atom stereocenters. The van der Waals surface area contributed by atoms with Gasteiger partial charge in [0.05, 0.1) is 25.3 Å². The molecule has 36 heavy (non-hydrogen) atoms. The molecule has 1 N–H and O–H groups in total. The number of benzene rings is 3. The van der Waals surface area contributed by atoms with Crippen LogP contribution in [0.5, 0.6) is 5.75 Å². The first-order chi connectivity index (χ1) is 17.4. The Kier molecular flexibility index (Phi) is 6.57. The molecule has 4 aromatic rings. The minimum atomic E-state index is -0.272. The zero-order valence-electron chi connectivity index (χ0n) is 20.8. The number of thiocarbonyl (C=S) groups is 1. The van der Waals surface area contributed by atoms with Crippen molar-refractivity contribution in [3.05, 3.63) is 107 Å². The Morgan fingerprint density at radius 2 is 1.81 bits per heavy atom. The molecule has 1 unspecified atom stereocenters. The third kappa shape index (κ3) is 4.62. The van der Waals surface area contributed by atoms with Crippen LogP contribution in [-0.4, -0.2) is 27.3 Å². The van der Waals surface area contributed by atoms with Crippen molar-refractivity contribution in [3.8, 4) is 17.1 Å². The molecule has 182 valence electrons. The summed E-state index contributed by atoms with van der Waals surface area (Å²) in [5.41, 5.74) is 7.31. The molecule has 5 rings (SSSR count). The molecule has 0 aliphatic carbocycles. The molecule has 0 amide bonds. The number of methoxy groups -OCH3 is 1. The van der Waals surface area contributed by atoms with Crippen molar-refractivity contribution < 1.29 is 9.26 Å². The quantitative estimate of drug-likeness (QED) is 0.318. The predicted octanol–water partition coefficient (Wildman–Crippen LogP) is 6.22. The first-order valence-electron chi connectivity index (χ1n) is 11.8. The van der Waals surface area contributed by atoms with Crippen LogP contribution in [0.4, 0.5) is 0 Å². The summed E-state index contributed by atoms with van der Waals surface area (Å²) < 4.78 is 11.4. The molecule has 3 aromatic carbocycles. The molecule has 0 fully saturated rings. The van der Waals surface area contributed by atoms with Crippen LogP contribution in [0.2, 0.25) is 0 Å². The van der Waals surface area contributed by atoms with E-state index in [0.29, 0.717) is 23.4 Å². The monoisotopic (exact) mass is 496 g/mol. The van der Waals surface area contributed by atoms with Gasteiger partial charge in [-0.2, -0.15) is 4.98 Å². The molecular weight excluding hydrogens is 468 g/mol. The van der Waals surface area contributed by atoms with Crippen molar-refractivity contribution in [1.29, 1.82) is 0 Å². The second kappa shape index (κ2) is 9.95. The van der Waals surface area contributed by atoms with E-state index in [1.807, 2.05) is 67.6 Å². The highest BCUT2D eigenvalue weighted by molar-refractivity contribution is 7.80. The summed E-state index contributed by atoms with van der Waals surface area (Å²) in [5.74, 6) is 1.78. The summed E-state index contributed by atoms with van der Waals surface area (Å²) in [6, 6.07) is 24.1. The van der Waals surface area contributed by atoms with E-state index in [1.54, 1.807) is 7.11 Å². The third-order valence-electron chi connectivity index (χ3n) is 6.55. The van der Waals surface area contributed by atoms with Gasteiger partial charge < -0.3 is 19.5 Å². The van der Waals surface area contributed by atoms with Crippen LogP contribution in [0.25, 0.3) is 17.0 Å². The first kappa shape index (κ1) is 23.8. The van der Waals surface area contributed by atoms with Crippen LogP contribution in [0.15, 0.2) is 83.0 Å². The van der Waals surface area contributed by atoms with Gasteiger partial charge in [0.1, 0.15) is 5.75 Å². The molecule has 0 spiro atoms. The van der Waals surface area contributed by atoms with Gasteiger partial charge in [-0.15, -0.1) is 0 Å². The van der Waals surface area contributed by atoms with Crippen molar-refractivity contribution in [2.75, 3.05) is 7.11 Å². The Hall–Kier alpha value is -3.97. The van der Waals surface area contributed by atoms with E-state index in [1.165, 1.54) is 11.1 Å². The number of nitrogens with zero attached hydrogens (tertiary/aromatic N) is 3. The standard InChI is InChI=1S/C29H28N4O2S/c1-18-9-7-13-22(15-18)27-31-28(35-32-27)25-20(3)33(17-23-11-6-5-10-19(23)2)29(36)30-26(25)21-12-8-14-24(16-21)34-4/h5-16,26H,17H2,1-4H3,(H,30,36). The summed E-state index contributed by atoms with van der Waals surface area (Å²) in [6.45, 7) is 6.86. The average Bonchev–Trinajstić information content (AvgIpc) is 3.37. The Morgan fingerprint density at radius 1 is 1.00 bits per heavy atom. The number of rotatable bonds is 6. The molecule has 7 heteroatoms. The fraction of sp³-hybridized carbons (Fsp3) is 0.207. The SMILES string of the molecule is COc1cccc(C2NC(=S)N(Cc3ccccc3C)C(C)=C2c2nc(-c3cccc(C)c3)no2)c1. The molecule has 1 aliphatic heterocycles. The molecule has 6 nitrogen and oxygen atoms in total. The number of hydrogen-bond donors (Lipinski definition) is 1. The topological polar surface area (TPSA) is 63.4 Å². The molecular formula is C29H28N4O2S. The smallest absolute Gasteiger partial charge is 0.258 e. The van der Waals surface area contributed by atoms with Gasteiger partial charge in [-0.1, -0.05) is 65.3 Å². The molecule has 0 saturated carbocycles. The number of nitrogens with one attached hydrogen (secondary N) is 1. The zero-order chi connectivity index (χ0) is 25.2. The summed E-state index contributed by atoms with van der Waals surface area (Å²) in [5, 5.41) is 8.49. The van der Waals surface area contributed by atoms with Crippen LogP contribution in [0.3, 0.4) is 0 Å². The molecule has 1 aliphatic rings. The van der Waals surface area contributed by atoms with Crippen LogP contribution in [0, 0.1) is 13.8 Å². The van der Waals surface area contributed by atoms with E-state index in [-0.39, 0.29) is 6.04 Å². The number of allylic oxidation sites excluding steroid dienone is 1. The van der Waals surface area contributed by atoms with Crippen molar-refractivity contribution in [3.63, 3.8) is 0 Å². The Balaban J connectivity index is 1.62. The second-order valence-corrected chi connectivity index (χ2v) is 9.35. The van der Waals surface area contributed by atoms with Crippen LogP contribution < -0.4 is 10.1 Å². The maximum absolute atomic E-state index is 5.87. The van der Waals surface area contributed by atoms with Gasteiger partial charge in [0.25, 0.3) is 5.89 Å². The fourth-order valence-electron chi connectivity index (χ4n) is 4.51. The minimum Gasteiger partial charge on any atom is -0.497 e. The minimum absolute atomic E-state index is 0.272. The van der Waals surface area contributed by atoms with E-state index in [2.05, 4.69) is 41.4 Å². The highest BCUT2D eigenvalue weighted by Gasteiger charge is 2.34. The number of aryl methyl sites for hydroxylation is 2. The van der Waals surface area contributed by atoms with Crippen LogP contribution in [0.1, 0.15) is 41.1 Å². The lowest BCUT2D eigenvalue weighted by atomic mass is 9.94. The van der Waals surface area contributed by atoms with Gasteiger partial charge in [0.15, 0.2) is 5.11 Å². The van der Waals surface area contributed by atoms with Gasteiger partial charge in [0, 0.05) is 11.3 Å². The Bertz CT molecular complexity index is 1460. The zero-order valence-corrected chi connectivity index (χ0v) is 21.6. The number of hydrogen-bond acceptors (Lipinski definition) is 5. The van der Waals surface area contributed by atoms with E-state index < -0.39 is 0 Å². The van der Waals surface area contributed by atoms with Crippen molar-refractivity contribution in [2.24, 2.45) is 0 Å². The largest absolute Gasteiger partial charge is 0.497 e. The van der Waals surface area contributed by atoms with E-state index in [4.69, 9.17) is 26.5 Å². The van der Waals surface area contributed by atoms with E-state index >= 15 is 0 Å². The Labute approximate surface area is 216 Å². The predicted molar refractivity (Wildman–Crippen MR) is 145 cm³/mol. The lowest BCUT2D eigenvalue weighted by Crippen LogP contribution is -2.45. The highest BCUT2D eigenvalue weighted by Crippen LogP contribution is 2.39. The first-order valence-corrected chi connectivity index (χ1v) is 12.2. The van der Waals surface area contributed by atoms with Gasteiger partial charge in [-0.05, 0) is 67.9 Å². The van der Waals surface area contributed by atoms with Crippen molar-refractivity contribution >= 4 is 22.9 Å². The highest BCUT2D eigenvalue weighted by atomic mass is 32.1. The van der Waals surface area contributed by atoms with Gasteiger partial charge in [-0.25, -0.2) is 0 Å². The molecule has 2 heterocycles. The summed E-state index contributed by atoms with van der Waals surface area (Å²) in [4.78, 5) is 6.92. The molecule has 0 radical (unpaired) electrons. The third-order valence-corrected chi connectivity index (χ3v) is 6.88. The van der Waals surface area contributed by atoms with Gasteiger partial charge in [-0.3, -0.25) is 0 Å². The Morgan fingerprint density at radius 3 is 2.58 bits per heavy atom. The molecule has 0 saturated heterocycles. The van der Waals surface area contributed by atoms with Crippen molar-refractivity contribution in [2.45, 2.75) is 33.4 Å². The number of aromatic nitrogens is 2. The van der Waals surface area contributed by atoms with Crippen LogP contribution in [-0.2, 0) is 6.54 Å². The normalized spacial score (nSPS) is 15.7. The van der Waals surface area contributed by atoms with E-state index in [0.717, 1.165) is 33.7 Å². The fourth-order valence-corrected chi connectivity index (χ4v) is 4.83. The summed E-state index contributed by atoms with van der Waals surface area (Å²) in [6.07, 6.45) is 0. The lowest BCUT2D eigenvalue weighted by molar-refractivity contribution is 0.395. The van der Waals surface area contributed by atoms with Crippen LogP contribution >= 0.6 is 12.2 Å². The maximum Gasteiger partial charge on any atom is 0.258 e. The van der Waals surface area contributed by atoms with Crippen molar-refractivity contribution in [1.82, 2.24) is 20.4 Å². The van der Waals surface area contributed by atoms with Gasteiger partial charge >= 0.3 is 0 Å². The van der Waals surface area contributed by atoms with Gasteiger partial charge in [0.2, 0.25) is 5.82 Å². The summed E-state index contributed by atoms with van der Waals surface area (Å²) >= 11 is 5.87. The maximum atomic E-state index is 5.87. The van der Waals surface area contributed by atoms with E-state index in [9.17, 15) is 0 Å². The average molecular weight is 497 g/mol. The second-order valence-electron chi connectivity index (χ2n) is 8.96. The molecule has 1 aromatic heterocycles.